The van der Waals surface area contributed by atoms with Crippen molar-refractivity contribution in [3.63, 3.8) is 0 Å². The van der Waals surface area contributed by atoms with Gasteiger partial charge in [-0.2, -0.15) is 18.3 Å². The van der Waals surface area contributed by atoms with Gasteiger partial charge in [-0.1, -0.05) is 6.42 Å². The lowest BCUT2D eigenvalue weighted by Crippen LogP contribution is -2.40. The van der Waals surface area contributed by atoms with E-state index in [0.717, 1.165) is 18.4 Å². The molecule has 1 aliphatic heterocycles. The van der Waals surface area contributed by atoms with E-state index in [2.05, 4.69) is 5.10 Å². The van der Waals surface area contributed by atoms with Crippen LogP contribution in [0.5, 0.6) is 0 Å². The van der Waals surface area contributed by atoms with Crippen LogP contribution in [0.1, 0.15) is 50.1 Å². The van der Waals surface area contributed by atoms with E-state index in [-0.39, 0.29) is 24.8 Å². The second-order valence-electron chi connectivity index (χ2n) is 6.74. The third-order valence-electron chi connectivity index (χ3n) is 5.13. The number of hydrogen-bond donors (Lipinski definition) is 0. The van der Waals surface area contributed by atoms with Crippen LogP contribution < -0.4 is 0 Å². The molecule has 0 spiro atoms. The molecule has 0 N–H and O–H groups in total. The smallest absolute Gasteiger partial charge is 0.335 e. The number of halogens is 3. The Labute approximate surface area is 133 Å². The first-order valence-corrected chi connectivity index (χ1v) is 8.22. The molecule has 1 amide bonds. The molecule has 1 saturated carbocycles. The number of amides is 1. The van der Waals surface area contributed by atoms with Crippen LogP contribution in [0, 0.1) is 11.8 Å². The largest absolute Gasteiger partial charge is 0.391 e. The molecule has 23 heavy (non-hydrogen) atoms. The van der Waals surface area contributed by atoms with Gasteiger partial charge >= 0.3 is 6.18 Å². The Hall–Kier alpha value is -1.53. The lowest BCUT2D eigenvalue weighted by Gasteiger charge is -2.34. The van der Waals surface area contributed by atoms with Crippen LogP contribution in [0.25, 0.3) is 0 Å². The summed E-state index contributed by atoms with van der Waals surface area (Å²) in [6.07, 6.45) is 2.33. The van der Waals surface area contributed by atoms with Crippen LogP contribution >= 0.6 is 0 Å². The Balaban J connectivity index is 1.71. The number of hydrogen-bond acceptors (Lipinski definition) is 2. The van der Waals surface area contributed by atoms with Crippen molar-refractivity contribution < 1.29 is 18.0 Å². The SMILES string of the molecule is Cn1cc([C@@H]2CCCN2C(=O)[C@@H]2CCC[C@H](C(F)(F)F)C2)cn1. The predicted molar refractivity (Wildman–Crippen MR) is 78.4 cm³/mol. The summed E-state index contributed by atoms with van der Waals surface area (Å²) in [5, 5.41) is 4.14. The van der Waals surface area contributed by atoms with Crippen LogP contribution in [0.3, 0.4) is 0 Å². The molecule has 2 heterocycles. The van der Waals surface area contributed by atoms with Gasteiger partial charge in [-0.05, 0) is 32.1 Å². The van der Waals surface area contributed by atoms with Gasteiger partial charge in [0.2, 0.25) is 5.91 Å². The van der Waals surface area contributed by atoms with E-state index in [0.29, 0.717) is 19.4 Å². The molecule has 1 saturated heterocycles. The minimum Gasteiger partial charge on any atom is -0.335 e. The van der Waals surface area contributed by atoms with Crippen molar-refractivity contribution in [1.29, 1.82) is 0 Å². The first kappa shape index (κ1) is 16.3. The Kier molecular flexibility index (Phi) is 4.38. The standard InChI is InChI=1S/C16H22F3N3O/c1-21-10-12(9-20-21)14-6-3-7-22(14)15(23)11-4-2-5-13(8-11)16(17,18)19/h9-11,13-14H,2-8H2,1H3/t11-,13+,14+/m1/s1. The molecular weight excluding hydrogens is 307 g/mol. The number of likely N-dealkylation sites (tertiary alicyclic amines) is 1. The molecule has 4 nitrogen and oxygen atoms in total. The zero-order chi connectivity index (χ0) is 16.6. The van der Waals surface area contributed by atoms with E-state index < -0.39 is 18.0 Å². The molecule has 0 unspecified atom stereocenters. The summed E-state index contributed by atoms with van der Waals surface area (Å²) in [6, 6.07) is -0.0394. The van der Waals surface area contributed by atoms with Gasteiger partial charge in [0, 0.05) is 31.3 Å². The molecule has 1 aliphatic carbocycles. The van der Waals surface area contributed by atoms with E-state index in [4.69, 9.17) is 0 Å². The average Bonchev–Trinajstić information content (AvgIpc) is 3.14. The van der Waals surface area contributed by atoms with Gasteiger partial charge in [0.15, 0.2) is 0 Å². The molecule has 0 radical (unpaired) electrons. The summed E-state index contributed by atoms with van der Waals surface area (Å²) >= 11 is 0. The summed E-state index contributed by atoms with van der Waals surface area (Å²) in [7, 11) is 1.82. The van der Waals surface area contributed by atoms with Crippen molar-refractivity contribution in [2.75, 3.05) is 6.54 Å². The first-order chi connectivity index (χ1) is 10.9. The molecule has 1 aromatic rings. The van der Waals surface area contributed by atoms with E-state index in [1.165, 1.54) is 0 Å². The molecule has 2 fully saturated rings. The van der Waals surface area contributed by atoms with Crippen molar-refractivity contribution in [3.05, 3.63) is 18.0 Å². The molecule has 0 aromatic carbocycles. The Morgan fingerprint density at radius 1 is 1.26 bits per heavy atom. The highest BCUT2D eigenvalue weighted by Crippen LogP contribution is 2.42. The first-order valence-electron chi connectivity index (χ1n) is 8.22. The van der Waals surface area contributed by atoms with E-state index in [1.807, 2.05) is 13.2 Å². The molecule has 128 valence electrons. The van der Waals surface area contributed by atoms with Gasteiger partial charge in [0.05, 0.1) is 18.2 Å². The Bertz CT molecular complexity index is 569. The number of nitrogens with zero attached hydrogens (tertiary/aromatic N) is 3. The third kappa shape index (κ3) is 3.38. The monoisotopic (exact) mass is 329 g/mol. The molecule has 2 aliphatic rings. The van der Waals surface area contributed by atoms with Gasteiger partial charge < -0.3 is 4.90 Å². The summed E-state index contributed by atoms with van der Waals surface area (Å²) in [4.78, 5) is 14.6. The lowest BCUT2D eigenvalue weighted by atomic mass is 9.80. The number of aryl methyl sites for hydroxylation is 1. The van der Waals surface area contributed by atoms with E-state index >= 15 is 0 Å². The lowest BCUT2D eigenvalue weighted by molar-refractivity contribution is -0.187. The third-order valence-corrected chi connectivity index (χ3v) is 5.13. The van der Waals surface area contributed by atoms with Crippen LogP contribution in [0.4, 0.5) is 13.2 Å². The molecular formula is C16H22F3N3O. The van der Waals surface area contributed by atoms with Gasteiger partial charge in [-0.25, -0.2) is 0 Å². The van der Waals surface area contributed by atoms with Gasteiger partial charge in [-0.15, -0.1) is 0 Å². The molecule has 7 heteroatoms. The number of aromatic nitrogens is 2. The highest BCUT2D eigenvalue weighted by molar-refractivity contribution is 5.79. The Morgan fingerprint density at radius 2 is 2.04 bits per heavy atom. The fraction of sp³-hybridized carbons (Fsp3) is 0.750. The number of carbonyl (C=O) groups is 1. The summed E-state index contributed by atoms with van der Waals surface area (Å²) < 4.78 is 40.6. The summed E-state index contributed by atoms with van der Waals surface area (Å²) in [6.45, 7) is 0.631. The van der Waals surface area contributed by atoms with Crippen LogP contribution in [0.15, 0.2) is 12.4 Å². The van der Waals surface area contributed by atoms with Gasteiger partial charge in [0.1, 0.15) is 0 Å². The fourth-order valence-corrected chi connectivity index (χ4v) is 3.94. The normalized spacial score (nSPS) is 29.0. The molecule has 1 aromatic heterocycles. The van der Waals surface area contributed by atoms with Crippen molar-refractivity contribution >= 4 is 5.91 Å². The van der Waals surface area contributed by atoms with E-state index in [9.17, 15) is 18.0 Å². The number of carbonyl (C=O) groups excluding carboxylic acids is 1. The fourth-order valence-electron chi connectivity index (χ4n) is 3.94. The average molecular weight is 329 g/mol. The van der Waals surface area contributed by atoms with Crippen LogP contribution in [0.2, 0.25) is 0 Å². The maximum absolute atomic E-state index is 13.0. The molecule has 0 bridgehead atoms. The highest BCUT2D eigenvalue weighted by atomic mass is 19.4. The number of alkyl halides is 3. The second-order valence-corrected chi connectivity index (χ2v) is 6.74. The maximum atomic E-state index is 13.0. The minimum absolute atomic E-state index is 0.0394. The van der Waals surface area contributed by atoms with Crippen molar-refractivity contribution in [2.24, 2.45) is 18.9 Å². The van der Waals surface area contributed by atoms with Crippen molar-refractivity contribution in [2.45, 2.75) is 50.7 Å². The maximum Gasteiger partial charge on any atom is 0.391 e. The van der Waals surface area contributed by atoms with Crippen molar-refractivity contribution in [3.8, 4) is 0 Å². The van der Waals surface area contributed by atoms with Crippen LogP contribution in [-0.4, -0.2) is 33.3 Å². The van der Waals surface area contributed by atoms with E-state index in [1.54, 1.807) is 15.8 Å². The zero-order valence-electron chi connectivity index (χ0n) is 13.2. The zero-order valence-corrected chi connectivity index (χ0v) is 13.2. The predicted octanol–water partition coefficient (Wildman–Crippen LogP) is 3.45. The topological polar surface area (TPSA) is 38.1 Å². The van der Waals surface area contributed by atoms with Crippen LogP contribution in [-0.2, 0) is 11.8 Å². The second kappa shape index (κ2) is 6.17. The highest BCUT2D eigenvalue weighted by Gasteiger charge is 2.45. The van der Waals surface area contributed by atoms with Crippen molar-refractivity contribution in [1.82, 2.24) is 14.7 Å². The summed E-state index contributed by atoms with van der Waals surface area (Å²) in [5.41, 5.74) is 0.974. The minimum atomic E-state index is -4.19. The number of rotatable bonds is 2. The molecule has 3 rings (SSSR count). The molecule has 3 atom stereocenters. The van der Waals surface area contributed by atoms with Gasteiger partial charge in [-0.3, -0.25) is 9.48 Å². The van der Waals surface area contributed by atoms with Gasteiger partial charge in [0.25, 0.3) is 0 Å². The Morgan fingerprint density at radius 3 is 2.70 bits per heavy atom. The summed E-state index contributed by atoms with van der Waals surface area (Å²) in [5.74, 6) is -1.93. The quantitative estimate of drug-likeness (QED) is 0.833.